The van der Waals surface area contributed by atoms with Gasteiger partial charge >= 0.3 is 0 Å². The average Bonchev–Trinajstić information content (AvgIpc) is 3.28. The van der Waals surface area contributed by atoms with E-state index in [1.165, 1.54) is 4.90 Å². The largest absolute Gasteiger partial charge is 0.494 e. The summed E-state index contributed by atoms with van der Waals surface area (Å²) in [5.74, 6) is -0.422. The summed E-state index contributed by atoms with van der Waals surface area (Å²) in [6, 6.07) is 8.45. The Bertz CT molecular complexity index is 711. The Morgan fingerprint density at radius 2 is 2.00 bits per heavy atom. The Kier molecular flexibility index (Phi) is 5.65. The number of nitrogens with two attached hydrogens (primary N) is 1. The predicted octanol–water partition coefficient (Wildman–Crippen LogP) is -0.201. The molecule has 0 spiro atoms. The lowest BCUT2D eigenvalue weighted by molar-refractivity contribution is -0.138. The maximum atomic E-state index is 12.5. The highest BCUT2D eigenvalue weighted by Gasteiger charge is 2.66. The fourth-order valence-electron chi connectivity index (χ4n) is 3.75. The second-order valence-corrected chi connectivity index (χ2v) is 7.21. The van der Waals surface area contributed by atoms with E-state index in [1.807, 2.05) is 30.3 Å². The lowest BCUT2D eigenvalue weighted by Gasteiger charge is -2.25. The third-order valence-electron chi connectivity index (χ3n) is 5.35. The van der Waals surface area contributed by atoms with Crippen LogP contribution in [-0.4, -0.2) is 59.6 Å². The molecule has 1 saturated heterocycles. The first-order valence-corrected chi connectivity index (χ1v) is 9.13. The van der Waals surface area contributed by atoms with Crippen LogP contribution in [0.25, 0.3) is 0 Å². The van der Waals surface area contributed by atoms with Crippen molar-refractivity contribution in [3.8, 4) is 5.75 Å². The van der Waals surface area contributed by atoms with E-state index in [1.54, 1.807) is 0 Å². The van der Waals surface area contributed by atoms with Gasteiger partial charge in [-0.3, -0.25) is 14.4 Å². The number of nitrogens with one attached hydrogen (secondary N) is 1. The number of carbonyl (C=O) groups is 3. The Labute approximate surface area is 157 Å². The molecule has 2 fully saturated rings. The van der Waals surface area contributed by atoms with Crippen molar-refractivity contribution in [2.24, 2.45) is 11.1 Å². The lowest BCUT2D eigenvalue weighted by atomic mass is 10.0. The number of hydrogen-bond donors (Lipinski definition) is 3. The summed E-state index contributed by atoms with van der Waals surface area (Å²) in [7, 11) is 0. The number of nitrogens with zero attached hydrogens (tertiary/aromatic N) is 1. The van der Waals surface area contributed by atoms with E-state index in [0.29, 0.717) is 25.9 Å². The zero-order valence-corrected chi connectivity index (χ0v) is 15.1. The number of likely N-dealkylation sites (tertiary alicyclic amines) is 1. The molecule has 0 radical (unpaired) electrons. The Morgan fingerprint density at radius 1 is 1.26 bits per heavy atom. The van der Waals surface area contributed by atoms with Crippen molar-refractivity contribution in [1.82, 2.24) is 10.2 Å². The van der Waals surface area contributed by atoms with E-state index in [2.05, 4.69) is 5.32 Å². The number of primary amides is 1. The summed E-state index contributed by atoms with van der Waals surface area (Å²) in [4.78, 5) is 37.5. The zero-order valence-electron chi connectivity index (χ0n) is 15.1. The molecule has 1 aromatic rings. The topological polar surface area (TPSA) is 122 Å². The molecule has 27 heavy (non-hydrogen) atoms. The van der Waals surface area contributed by atoms with Crippen LogP contribution in [0.15, 0.2) is 30.3 Å². The van der Waals surface area contributed by atoms with E-state index in [9.17, 15) is 19.5 Å². The van der Waals surface area contributed by atoms with Crippen molar-refractivity contribution in [1.29, 1.82) is 0 Å². The predicted molar refractivity (Wildman–Crippen MR) is 96.5 cm³/mol. The maximum Gasteiger partial charge on any atom is 0.242 e. The van der Waals surface area contributed by atoms with Gasteiger partial charge in [0, 0.05) is 17.9 Å². The number of aliphatic hydroxyl groups is 1. The van der Waals surface area contributed by atoms with Crippen LogP contribution in [0, 0.1) is 5.41 Å². The minimum absolute atomic E-state index is 0.0704. The molecule has 1 aliphatic carbocycles. The van der Waals surface area contributed by atoms with Gasteiger partial charge in [-0.25, -0.2) is 0 Å². The van der Waals surface area contributed by atoms with E-state index in [-0.39, 0.29) is 37.4 Å². The van der Waals surface area contributed by atoms with Crippen LogP contribution < -0.4 is 15.8 Å². The molecule has 1 aliphatic heterocycles. The fourth-order valence-corrected chi connectivity index (χ4v) is 3.75. The first-order chi connectivity index (χ1) is 13.0. The molecule has 146 valence electrons. The molecule has 1 heterocycles. The molecule has 3 rings (SSSR count). The summed E-state index contributed by atoms with van der Waals surface area (Å²) in [6.45, 7) is 0.154. The van der Waals surface area contributed by atoms with Crippen LogP contribution in [-0.2, 0) is 14.4 Å². The highest BCUT2D eigenvalue weighted by molar-refractivity contribution is 5.91. The smallest absolute Gasteiger partial charge is 0.242 e. The van der Waals surface area contributed by atoms with Gasteiger partial charge in [0.05, 0.1) is 19.8 Å². The second kappa shape index (κ2) is 7.96. The summed E-state index contributed by atoms with van der Waals surface area (Å²) in [5, 5.41) is 12.1. The van der Waals surface area contributed by atoms with Crippen LogP contribution >= 0.6 is 0 Å². The van der Waals surface area contributed by atoms with Crippen LogP contribution in [0.3, 0.4) is 0 Å². The number of ether oxygens (including phenoxy) is 1. The normalized spacial score (nSPS) is 25.6. The van der Waals surface area contributed by atoms with Crippen molar-refractivity contribution in [2.75, 3.05) is 19.8 Å². The van der Waals surface area contributed by atoms with Gasteiger partial charge in [0.1, 0.15) is 11.8 Å². The Hall–Kier alpha value is -2.61. The molecule has 0 aromatic heterocycles. The molecule has 4 N–H and O–H groups in total. The minimum Gasteiger partial charge on any atom is -0.494 e. The highest BCUT2D eigenvalue weighted by atomic mass is 16.5. The molecule has 3 atom stereocenters. The average molecular weight is 375 g/mol. The molecule has 3 unspecified atom stereocenters. The van der Waals surface area contributed by atoms with Gasteiger partial charge in [0.2, 0.25) is 17.7 Å². The van der Waals surface area contributed by atoms with Crippen LogP contribution in [0.5, 0.6) is 5.75 Å². The number of piperidine rings is 1. The summed E-state index contributed by atoms with van der Waals surface area (Å²) < 4.78 is 5.52. The molecule has 3 amide bonds. The van der Waals surface area contributed by atoms with E-state index in [0.717, 1.165) is 5.75 Å². The van der Waals surface area contributed by atoms with Crippen LogP contribution in [0.2, 0.25) is 0 Å². The number of fused-ring (bicyclic) bond motifs is 1. The number of para-hydroxylation sites is 1. The first-order valence-electron chi connectivity index (χ1n) is 9.13. The van der Waals surface area contributed by atoms with Gasteiger partial charge < -0.3 is 25.8 Å². The Morgan fingerprint density at radius 3 is 2.67 bits per heavy atom. The van der Waals surface area contributed by atoms with Crippen molar-refractivity contribution in [3.05, 3.63) is 30.3 Å². The van der Waals surface area contributed by atoms with Gasteiger partial charge in [-0.1, -0.05) is 18.2 Å². The maximum absolute atomic E-state index is 12.5. The molecule has 2 aliphatic rings. The summed E-state index contributed by atoms with van der Waals surface area (Å²) in [6.07, 6.45) is 1.83. The molecule has 0 bridgehead atoms. The number of amides is 3. The van der Waals surface area contributed by atoms with Gasteiger partial charge in [-0.15, -0.1) is 0 Å². The minimum atomic E-state index is -0.709. The SMILES string of the molecule is NC(=O)C1CC2(CO)CC2N1C(=O)CNC(=O)CCCOc1ccccc1. The number of hydrogen-bond acceptors (Lipinski definition) is 5. The van der Waals surface area contributed by atoms with Crippen molar-refractivity contribution in [3.63, 3.8) is 0 Å². The number of rotatable bonds is 9. The fraction of sp³-hybridized carbons (Fsp3) is 0.526. The third kappa shape index (κ3) is 4.21. The molecular formula is C19H25N3O5. The van der Waals surface area contributed by atoms with Gasteiger partial charge in [-0.05, 0) is 31.4 Å². The molecule has 8 nitrogen and oxygen atoms in total. The quantitative estimate of drug-likeness (QED) is 0.516. The second-order valence-electron chi connectivity index (χ2n) is 7.21. The van der Waals surface area contributed by atoms with Crippen molar-refractivity contribution < 1.29 is 24.2 Å². The number of carbonyl (C=O) groups excluding carboxylic acids is 3. The van der Waals surface area contributed by atoms with E-state index >= 15 is 0 Å². The molecular weight excluding hydrogens is 350 g/mol. The molecule has 8 heteroatoms. The highest BCUT2D eigenvalue weighted by Crippen LogP contribution is 2.59. The van der Waals surface area contributed by atoms with Crippen molar-refractivity contribution >= 4 is 17.7 Å². The van der Waals surface area contributed by atoms with Crippen LogP contribution in [0.4, 0.5) is 0 Å². The van der Waals surface area contributed by atoms with Crippen molar-refractivity contribution in [2.45, 2.75) is 37.8 Å². The third-order valence-corrected chi connectivity index (χ3v) is 5.35. The summed E-state index contributed by atoms with van der Waals surface area (Å²) in [5.41, 5.74) is 5.00. The first kappa shape index (κ1) is 19.2. The standard InChI is InChI=1S/C19H25N3O5/c20-18(26)14-9-19(12-23)10-15(19)22(14)17(25)11-21-16(24)7-4-8-27-13-5-2-1-3-6-13/h1-3,5-6,14-15,23H,4,7-12H2,(H2,20,26)(H,21,24). The molecule has 1 aromatic carbocycles. The van der Waals surface area contributed by atoms with E-state index < -0.39 is 17.4 Å². The Balaban J connectivity index is 1.39. The number of benzene rings is 1. The van der Waals surface area contributed by atoms with Crippen LogP contribution in [0.1, 0.15) is 25.7 Å². The lowest BCUT2D eigenvalue weighted by Crippen LogP contribution is -2.49. The van der Waals surface area contributed by atoms with E-state index in [4.69, 9.17) is 10.5 Å². The monoisotopic (exact) mass is 375 g/mol. The zero-order chi connectivity index (χ0) is 19.4. The van der Waals surface area contributed by atoms with Gasteiger partial charge in [0.15, 0.2) is 0 Å². The molecule has 1 saturated carbocycles. The van der Waals surface area contributed by atoms with Gasteiger partial charge in [-0.2, -0.15) is 0 Å². The summed E-state index contributed by atoms with van der Waals surface area (Å²) >= 11 is 0. The number of aliphatic hydroxyl groups excluding tert-OH is 1. The van der Waals surface area contributed by atoms with Gasteiger partial charge in [0.25, 0.3) is 0 Å².